The van der Waals surface area contributed by atoms with E-state index in [9.17, 15) is 0 Å². The van der Waals surface area contributed by atoms with Crippen LogP contribution in [0, 0.1) is 23.7 Å². The van der Waals surface area contributed by atoms with Gasteiger partial charge in [0.05, 0.1) is 13.1 Å². The molecule has 0 aromatic heterocycles. The van der Waals surface area contributed by atoms with Gasteiger partial charge >= 0.3 is 0 Å². The van der Waals surface area contributed by atoms with Crippen LogP contribution in [0.5, 0.6) is 0 Å². The quantitative estimate of drug-likeness (QED) is 0.683. The molecule has 138 valence electrons. The van der Waals surface area contributed by atoms with Crippen LogP contribution in [0.3, 0.4) is 0 Å². The van der Waals surface area contributed by atoms with Crippen LogP contribution < -0.4 is 10.6 Å². The lowest BCUT2D eigenvalue weighted by atomic mass is 10.1. The zero-order valence-electron chi connectivity index (χ0n) is 15.7. The molecule has 0 amide bonds. The fourth-order valence-corrected chi connectivity index (χ4v) is 3.30. The summed E-state index contributed by atoms with van der Waals surface area (Å²) in [5.74, 6) is 13.4. The number of rotatable bonds is 0. The number of fused-ring (bicyclic) bond motifs is 4. The molecule has 4 nitrogen and oxygen atoms in total. The predicted molar refractivity (Wildman–Crippen MR) is 108 cm³/mol. The highest BCUT2D eigenvalue weighted by Crippen LogP contribution is 2.06. The highest BCUT2D eigenvalue weighted by Gasteiger charge is 2.09. The van der Waals surface area contributed by atoms with Crippen LogP contribution in [0.4, 0.5) is 0 Å². The molecule has 2 unspecified atom stereocenters. The van der Waals surface area contributed by atoms with Gasteiger partial charge in [0.25, 0.3) is 0 Å². The number of nitrogens with one attached hydrogen (secondary N) is 2. The average molecular weight is 351 g/mol. The molecule has 2 N–H and O–H groups in total. The van der Waals surface area contributed by atoms with E-state index in [1.54, 1.807) is 0 Å². The van der Waals surface area contributed by atoms with Crippen LogP contribution in [0.1, 0.15) is 24.0 Å². The summed E-state index contributed by atoms with van der Waals surface area (Å²) >= 11 is 0. The maximum atomic E-state index is 3.52. The molecule has 0 saturated carbocycles. The smallest absolute Gasteiger partial charge is 0.0605 e. The number of benzene rings is 1. The largest absolute Gasteiger partial charge is 0.315 e. The zero-order valence-corrected chi connectivity index (χ0v) is 15.7. The van der Waals surface area contributed by atoms with Crippen molar-refractivity contribution in [1.29, 1.82) is 0 Å². The molecule has 26 heavy (non-hydrogen) atoms. The van der Waals surface area contributed by atoms with E-state index in [1.807, 2.05) is 12.1 Å². The number of hydrogen-bond donors (Lipinski definition) is 2. The number of nitrogens with zero attached hydrogens (tertiary/aromatic N) is 2. The Kier molecular flexibility index (Phi) is 8.03. The minimum absolute atomic E-state index is 0.831. The van der Waals surface area contributed by atoms with Crippen molar-refractivity contribution in [1.82, 2.24) is 20.4 Å². The van der Waals surface area contributed by atoms with Crippen molar-refractivity contribution in [3.63, 3.8) is 0 Å². The predicted octanol–water partition coefficient (Wildman–Crippen LogP) is 0.980. The van der Waals surface area contributed by atoms with E-state index in [2.05, 4.69) is 56.2 Å². The van der Waals surface area contributed by atoms with Crippen molar-refractivity contribution in [2.75, 3.05) is 65.4 Å². The summed E-state index contributed by atoms with van der Waals surface area (Å²) in [6.45, 7) is 10.2. The lowest BCUT2D eigenvalue weighted by Crippen LogP contribution is -2.39. The number of hydrogen-bond acceptors (Lipinski definition) is 4. The van der Waals surface area contributed by atoms with Gasteiger partial charge in [-0.2, -0.15) is 0 Å². The third-order valence-electron chi connectivity index (χ3n) is 4.85. The summed E-state index contributed by atoms with van der Waals surface area (Å²) in [6.07, 6.45) is 2.33. The molecular weight excluding hydrogens is 320 g/mol. The van der Waals surface area contributed by atoms with E-state index in [0.29, 0.717) is 0 Å². The van der Waals surface area contributed by atoms with Crippen molar-refractivity contribution in [2.24, 2.45) is 0 Å². The second-order valence-electron chi connectivity index (χ2n) is 6.91. The average Bonchev–Trinajstić information content (AvgIpc) is 2.65. The molecule has 2 atom stereocenters. The molecule has 2 heterocycles. The summed E-state index contributed by atoms with van der Waals surface area (Å²) in [5.41, 5.74) is 2.10. The highest BCUT2D eigenvalue weighted by molar-refractivity contribution is 5.50. The van der Waals surface area contributed by atoms with Gasteiger partial charge in [0, 0.05) is 50.4 Å². The Bertz CT molecular complexity index is 618. The maximum absolute atomic E-state index is 3.52. The van der Waals surface area contributed by atoms with Crippen LogP contribution >= 0.6 is 0 Å². The van der Waals surface area contributed by atoms with Gasteiger partial charge in [-0.1, -0.05) is 35.8 Å². The Morgan fingerprint density at radius 2 is 1.15 bits per heavy atom. The second-order valence-corrected chi connectivity index (χ2v) is 6.91. The first-order chi connectivity index (χ1) is 12.9. The Hall–Kier alpha value is -1.82. The molecule has 2 aliphatic rings. The van der Waals surface area contributed by atoms with Gasteiger partial charge in [-0.05, 0) is 38.1 Å². The second kappa shape index (κ2) is 11.0. The zero-order chi connectivity index (χ0) is 17.9. The van der Waals surface area contributed by atoms with Crippen LogP contribution in [0.15, 0.2) is 24.3 Å². The van der Waals surface area contributed by atoms with Gasteiger partial charge in [-0.25, -0.2) is 0 Å². The van der Waals surface area contributed by atoms with E-state index in [4.69, 9.17) is 0 Å². The minimum Gasteiger partial charge on any atom is -0.315 e. The molecule has 3 rings (SSSR count). The van der Waals surface area contributed by atoms with Crippen LogP contribution in [0.25, 0.3) is 0 Å². The van der Waals surface area contributed by atoms with Gasteiger partial charge < -0.3 is 10.6 Å². The molecule has 0 aliphatic carbocycles. The van der Waals surface area contributed by atoms with Crippen molar-refractivity contribution in [3.05, 3.63) is 35.4 Å². The minimum atomic E-state index is 0.831. The summed E-state index contributed by atoms with van der Waals surface area (Å²) < 4.78 is 0. The van der Waals surface area contributed by atoms with E-state index in [0.717, 1.165) is 89.4 Å². The first kappa shape index (κ1) is 19.0. The molecule has 1 aromatic carbocycles. The lowest BCUT2D eigenvalue weighted by molar-refractivity contribution is 0.226. The highest BCUT2D eigenvalue weighted by atomic mass is 15.2. The summed E-state index contributed by atoms with van der Waals surface area (Å²) in [7, 11) is 0. The first-order valence-electron chi connectivity index (χ1n) is 9.85. The molecule has 2 aliphatic heterocycles. The van der Waals surface area contributed by atoms with E-state index in [1.165, 1.54) is 0 Å². The topological polar surface area (TPSA) is 30.5 Å². The van der Waals surface area contributed by atoms with Gasteiger partial charge in [0.1, 0.15) is 0 Å². The molecule has 0 radical (unpaired) electrons. The fourth-order valence-electron chi connectivity index (χ4n) is 3.30. The molecule has 1 aromatic rings. The Balaban J connectivity index is 1.76. The van der Waals surface area contributed by atoms with Crippen LogP contribution in [-0.2, 0) is 0 Å². The van der Waals surface area contributed by atoms with Gasteiger partial charge in [0.2, 0.25) is 0 Å². The molecular formula is C22H30N4. The summed E-state index contributed by atoms with van der Waals surface area (Å²) in [5, 5.41) is 7.05. The third-order valence-corrected chi connectivity index (χ3v) is 4.85. The van der Waals surface area contributed by atoms with Crippen LogP contribution in [-0.4, -0.2) is 75.2 Å². The monoisotopic (exact) mass is 350 g/mol. The van der Waals surface area contributed by atoms with Gasteiger partial charge in [-0.15, -0.1) is 0 Å². The van der Waals surface area contributed by atoms with Crippen LogP contribution in [0.2, 0.25) is 0 Å². The van der Waals surface area contributed by atoms with Gasteiger partial charge in [0.15, 0.2) is 0 Å². The molecule has 0 spiro atoms. The van der Waals surface area contributed by atoms with Crippen molar-refractivity contribution >= 4 is 0 Å². The van der Waals surface area contributed by atoms with Crippen molar-refractivity contribution in [2.45, 2.75) is 12.8 Å². The Labute approximate surface area is 158 Å². The van der Waals surface area contributed by atoms with E-state index >= 15 is 0 Å². The standard InChI is InChI=1S/C22H30N4/c1-2-8-22-10-4-16-26-18-6-12-24-14-13-23-11-5-17-25(19-20-26)15-3-9-21(22)7-1/h1-2,7-8,23-24H,5-6,11-20H2. The molecule has 1 saturated heterocycles. The van der Waals surface area contributed by atoms with Crippen molar-refractivity contribution < 1.29 is 0 Å². The fraction of sp³-hybridized carbons (Fsp3) is 0.545. The summed E-state index contributed by atoms with van der Waals surface area (Å²) in [6, 6.07) is 8.24. The lowest BCUT2D eigenvalue weighted by Gasteiger charge is -2.26. The van der Waals surface area contributed by atoms with Crippen molar-refractivity contribution in [3.8, 4) is 23.7 Å². The third kappa shape index (κ3) is 6.48. The first-order valence-corrected chi connectivity index (χ1v) is 9.85. The SMILES string of the molecule is C1#Cc2ccccc2C#CCN2CCCNCCNCCCN(C1)CC2. The molecule has 1 fully saturated rings. The van der Waals surface area contributed by atoms with E-state index in [-0.39, 0.29) is 0 Å². The Morgan fingerprint density at radius 3 is 1.65 bits per heavy atom. The maximum Gasteiger partial charge on any atom is 0.0605 e. The summed E-state index contributed by atoms with van der Waals surface area (Å²) in [4.78, 5) is 4.98. The Morgan fingerprint density at radius 1 is 0.654 bits per heavy atom. The molecule has 2 bridgehead atoms. The van der Waals surface area contributed by atoms with Gasteiger partial charge in [-0.3, -0.25) is 9.80 Å². The van der Waals surface area contributed by atoms with E-state index < -0.39 is 0 Å². The molecule has 4 heteroatoms. The normalized spacial score (nSPS) is 25.1.